The summed E-state index contributed by atoms with van der Waals surface area (Å²) in [5, 5.41) is 1.02. The summed E-state index contributed by atoms with van der Waals surface area (Å²) >= 11 is 0. The second kappa shape index (κ2) is 6.51. The minimum absolute atomic E-state index is 0.156. The van der Waals surface area contributed by atoms with Crippen LogP contribution in [0.3, 0.4) is 0 Å². The van der Waals surface area contributed by atoms with Gasteiger partial charge in [0.25, 0.3) is 0 Å². The molecule has 1 saturated heterocycles. The van der Waals surface area contributed by atoms with Crippen LogP contribution < -0.4 is 4.90 Å². The Morgan fingerprint density at radius 2 is 2.00 bits per heavy atom. The third kappa shape index (κ3) is 3.17. The van der Waals surface area contributed by atoms with Crippen LogP contribution in [0.2, 0.25) is 0 Å². The highest BCUT2D eigenvalue weighted by Gasteiger charge is 2.22. The van der Waals surface area contributed by atoms with Gasteiger partial charge in [0.2, 0.25) is 5.91 Å². The molecule has 0 unspecified atom stereocenters. The lowest BCUT2D eigenvalue weighted by Crippen LogP contribution is -2.49. The predicted molar refractivity (Wildman–Crippen MR) is 95.4 cm³/mol. The van der Waals surface area contributed by atoms with E-state index < -0.39 is 0 Å². The van der Waals surface area contributed by atoms with Crippen LogP contribution in [0.25, 0.3) is 11.0 Å². The molecular formula is C18H20N6O. The zero-order valence-electron chi connectivity index (χ0n) is 14.1. The van der Waals surface area contributed by atoms with Gasteiger partial charge in [-0.1, -0.05) is 0 Å². The topological polar surface area (TPSA) is 78.0 Å². The Morgan fingerprint density at radius 1 is 1.16 bits per heavy atom. The number of hydrogen-bond acceptors (Lipinski definition) is 5. The highest BCUT2D eigenvalue weighted by Crippen LogP contribution is 2.18. The SMILES string of the molecule is Cc1nccc(N2CCN(C(=O)Cc3c[nH]c4ncccc34)CC2)n1. The zero-order valence-corrected chi connectivity index (χ0v) is 14.1. The molecule has 1 fully saturated rings. The number of piperazine rings is 1. The van der Waals surface area contributed by atoms with Crippen molar-refractivity contribution >= 4 is 22.8 Å². The molecule has 1 amide bonds. The van der Waals surface area contributed by atoms with Crippen molar-refractivity contribution in [2.45, 2.75) is 13.3 Å². The molecule has 0 aliphatic carbocycles. The molecule has 0 bridgehead atoms. The van der Waals surface area contributed by atoms with Crippen LogP contribution in [0, 0.1) is 6.92 Å². The van der Waals surface area contributed by atoms with Crippen molar-refractivity contribution < 1.29 is 4.79 Å². The van der Waals surface area contributed by atoms with Gasteiger partial charge >= 0.3 is 0 Å². The largest absolute Gasteiger partial charge is 0.353 e. The number of rotatable bonds is 3. The summed E-state index contributed by atoms with van der Waals surface area (Å²) in [4.78, 5) is 32.8. The van der Waals surface area contributed by atoms with Gasteiger partial charge in [-0.3, -0.25) is 4.79 Å². The molecule has 0 saturated carbocycles. The molecule has 3 aromatic heterocycles. The lowest BCUT2D eigenvalue weighted by Gasteiger charge is -2.35. The number of anilines is 1. The Bertz CT molecular complexity index is 897. The minimum atomic E-state index is 0.156. The van der Waals surface area contributed by atoms with Crippen LogP contribution in [0.5, 0.6) is 0 Å². The average molecular weight is 336 g/mol. The first-order valence-electron chi connectivity index (χ1n) is 8.44. The maximum absolute atomic E-state index is 12.7. The summed E-state index contributed by atoms with van der Waals surface area (Å²) in [6.45, 7) is 4.89. The molecule has 0 atom stereocenters. The molecule has 4 rings (SSSR count). The van der Waals surface area contributed by atoms with Crippen molar-refractivity contribution in [2.24, 2.45) is 0 Å². The Morgan fingerprint density at radius 3 is 2.80 bits per heavy atom. The van der Waals surface area contributed by atoms with E-state index in [9.17, 15) is 4.79 Å². The number of aromatic nitrogens is 4. The minimum Gasteiger partial charge on any atom is -0.353 e. The first-order chi connectivity index (χ1) is 12.2. The Balaban J connectivity index is 1.40. The predicted octanol–water partition coefficient (Wildman–Crippen LogP) is 1.55. The van der Waals surface area contributed by atoms with E-state index in [4.69, 9.17) is 0 Å². The molecule has 4 heterocycles. The second-order valence-electron chi connectivity index (χ2n) is 6.22. The van der Waals surface area contributed by atoms with E-state index >= 15 is 0 Å². The molecule has 0 aromatic carbocycles. The van der Waals surface area contributed by atoms with Gasteiger partial charge in [0.15, 0.2) is 0 Å². The third-order valence-corrected chi connectivity index (χ3v) is 4.60. The quantitative estimate of drug-likeness (QED) is 0.785. The van der Waals surface area contributed by atoms with Gasteiger partial charge in [0.1, 0.15) is 17.3 Å². The zero-order chi connectivity index (χ0) is 17.2. The van der Waals surface area contributed by atoms with Crippen LogP contribution >= 0.6 is 0 Å². The first kappa shape index (κ1) is 15.6. The van der Waals surface area contributed by atoms with Crippen LogP contribution in [0.4, 0.5) is 5.82 Å². The van der Waals surface area contributed by atoms with Gasteiger partial charge in [-0.15, -0.1) is 0 Å². The fourth-order valence-corrected chi connectivity index (χ4v) is 3.24. The van der Waals surface area contributed by atoms with Gasteiger partial charge < -0.3 is 14.8 Å². The van der Waals surface area contributed by atoms with Gasteiger partial charge in [0, 0.05) is 50.2 Å². The summed E-state index contributed by atoms with van der Waals surface area (Å²) in [7, 11) is 0. The number of nitrogens with one attached hydrogen (secondary N) is 1. The van der Waals surface area contributed by atoms with Gasteiger partial charge in [-0.25, -0.2) is 15.0 Å². The van der Waals surface area contributed by atoms with E-state index in [1.165, 1.54) is 0 Å². The molecule has 0 radical (unpaired) electrons. The lowest BCUT2D eigenvalue weighted by atomic mass is 10.1. The van der Waals surface area contributed by atoms with Gasteiger partial charge in [-0.2, -0.15) is 0 Å². The van der Waals surface area contributed by atoms with Crippen molar-refractivity contribution in [3.05, 3.63) is 48.2 Å². The van der Waals surface area contributed by atoms with E-state index in [1.54, 1.807) is 12.4 Å². The number of aromatic amines is 1. The van der Waals surface area contributed by atoms with Crippen molar-refractivity contribution in [2.75, 3.05) is 31.1 Å². The highest BCUT2D eigenvalue weighted by atomic mass is 16.2. The van der Waals surface area contributed by atoms with Crippen LogP contribution in [-0.2, 0) is 11.2 Å². The van der Waals surface area contributed by atoms with Crippen LogP contribution in [0.15, 0.2) is 36.8 Å². The Kier molecular flexibility index (Phi) is 4.05. The molecule has 1 N–H and O–H groups in total. The van der Waals surface area contributed by atoms with E-state index in [-0.39, 0.29) is 5.91 Å². The third-order valence-electron chi connectivity index (χ3n) is 4.60. The van der Waals surface area contributed by atoms with Crippen molar-refractivity contribution in [1.29, 1.82) is 0 Å². The summed E-state index contributed by atoms with van der Waals surface area (Å²) in [5.41, 5.74) is 1.83. The number of fused-ring (bicyclic) bond motifs is 1. The molecule has 1 aliphatic heterocycles. The summed E-state index contributed by atoms with van der Waals surface area (Å²) in [6, 6.07) is 5.81. The molecule has 0 spiro atoms. The summed E-state index contributed by atoms with van der Waals surface area (Å²) in [6.07, 6.45) is 5.81. The maximum Gasteiger partial charge on any atom is 0.227 e. The smallest absolute Gasteiger partial charge is 0.227 e. The molecule has 7 heteroatoms. The van der Waals surface area contributed by atoms with E-state index in [1.807, 2.05) is 36.2 Å². The standard InChI is InChI=1S/C18H20N6O/c1-13-19-6-4-16(22-13)23-7-9-24(10-8-23)17(25)11-14-12-21-18-15(14)3-2-5-20-18/h2-6,12H,7-11H2,1H3,(H,20,21). The van der Waals surface area contributed by atoms with Gasteiger partial charge in [-0.05, 0) is 30.7 Å². The molecule has 1 aliphatic rings. The normalized spacial score (nSPS) is 14.9. The van der Waals surface area contributed by atoms with E-state index in [2.05, 4.69) is 24.8 Å². The number of amides is 1. The monoisotopic (exact) mass is 336 g/mol. The van der Waals surface area contributed by atoms with Crippen molar-refractivity contribution in [1.82, 2.24) is 24.8 Å². The maximum atomic E-state index is 12.7. The second-order valence-corrected chi connectivity index (χ2v) is 6.22. The summed E-state index contributed by atoms with van der Waals surface area (Å²) < 4.78 is 0. The van der Waals surface area contributed by atoms with Gasteiger partial charge in [0.05, 0.1) is 6.42 Å². The molecule has 128 valence electrons. The van der Waals surface area contributed by atoms with E-state index in [0.717, 1.165) is 41.3 Å². The first-order valence-corrected chi connectivity index (χ1v) is 8.44. The number of aryl methyl sites for hydroxylation is 1. The fraction of sp³-hybridized carbons (Fsp3) is 0.333. The number of carbonyl (C=O) groups is 1. The molecule has 25 heavy (non-hydrogen) atoms. The highest BCUT2D eigenvalue weighted by molar-refractivity contribution is 5.87. The number of nitrogens with zero attached hydrogens (tertiary/aromatic N) is 5. The molecule has 7 nitrogen and oxygen atoms in total. The van der Waals surface area contributed by atoms with Crippen LogP contribution in [0.1, 0.15) is 11.4 Å². The number of H-pyrrole nitrogens is 1. The molecular weight excluding hydrogens is 316 g/mol. The van der Waals surface area contributed by atoms with Crippen molar-refractivity contribution in [3.8, 4) is 0 Å². The number of pyridine rings is 1. The summed E-state index contributed by atoms with van der Waals surface area (Å²) in [5.74, 6) is 1.86. The fourth-order valence-electron chi connectivity index (χ4n) is 3.24. The van der Waals surface area contributed by atoms with Crippen LogP contribution in [-0.4, -0.2) is 56.9 Å². The number of hydrogen-bond donors (Lipinski definition) is 1. The Labute approximate surface area is 145 Å². The van der Waals surface area contributed by atoms with E-state index in [0.29, 0.717) is 19.5 Å². The Hall–Kier alpha value is -2.96. The van der Waals surface area contributed by atoms with Crippen molar-refractivity contribution in [3.63, 3.8) is 0 Å². The average Bonchev–Trinajstić information content (AvgIpc) is 3.05. The number of carbonyl (C=O) groups excluding carboxylic acids is 1. The lowest BCUT2D eigenvalue weighted by molar-refractivity contribution is -0.130. The molecule has 3 aromatic rings.